The smallest absolute Gasteiger partial charge is 0.327 e. The van der Waals surface area contributed by atoms with Crippen molar-refractivity contribution in [3.05, 3.63) is 58.8 Å². The summed E-state index contributed by atoms with van der Waals surface area (Å²) < 4.78 is 27.7. The third-order valence-corrected chi connectivity index (χ3v) is 2.59. The van der Waals surface area contributed by atoms with E-state index in [1.54, 1.807) is 6.07 Å². The van der Waals surface area contributed by atoms with E-state index >= 15 is 0 Å². The molecule has 0 aliphatic heterocycles. The number of aromatic nitrogens is 3. The summed E-state index contributed by atoms with van der Waals surface area (Å²) in [6.45, 7) is 3.96. The van der Waals surface area contributed by atoms with Crippen molar-refractivity contribution in [2.24, 2.45) is 5.73 Å². The average Bonchev–Trinajstić information content (AvgIpc) is 2.87. The van der Waals surface area contributed by atoms with Gasteiger partial charge in [0, 0.05) is 6.54 Å². The summed E-state index contributed by atoms with van der Waals surface area (Å²) in [7, 11) is 0. The first-order valence-corrected chi connectivity index (χ1v) is 6.54. The van der Waals surface area contributed by atoms with E-state index in [1.165, 1.54) is 29.1 Å². The van der Waals surface area contributed by atoms with Crippen molar-refractivity contribution < 1.29 is 8.78 Å². The number of hydrogen-bond acceptors (Lipinski definition) is 3. The van der Waals surface area contributed by atoms with Gasteiger partial charge in [0.25, 0.3) is 0 Å². The van der Waals surface area contributed by atoms with Gasteiger partial charge in [0.15, 0.2) is 0 Å². The van der Waals surface area contributed by atoms with Gasteiger partial charge in [0.2, 0.25) is 0 Å². The van der Waals surface area contributed by atoms with E-state index in [4.69, 9.17) is 5.73 Å². The van der Waals surface area contributed by atoms with E-state index in [9.17, 15) is 13.6 Å². The standard InChI is InChI=1S/C12H12F2N4O.C2H6/c13-5-9(6-15)7-18-12(19)17(8-16-18)11-3-1-2-10(14)4-11;1-2/h1-5,8H,6-7,15H2;1-2H3. The zero-order valence-corrected chi connectivity index (χ0v) is 12.0. The molecule has 0 atom stereocenters. The van der Waals surface area contributed by atoms with E-state index in [0.717, 1.165) is 4.68 Å². The molecule has 2 N–H and O–H groups in total. The summed E-state index contributed by atoms with van der Waals surface area (Å²) >= 11 is 0. The van der Waals surface area contributed by atoms with Crippen LogP contribution in [0.25, 0.3) is 5.69 Å². The molecule has 21 heavy (non-hydrogen) atoms. The van der Waals surface area contributed by atoms with Crippen LogP contribution in [0.3, 0.4) is 0 Å². The Hall–Kier alpha value is -2.28. The third-order valence-electron chi connectivity index (χ3n) is 2.59. The molecule has 1 aromatic heterocycles. The molecule has 0 saturated carbocycles. The molecular formula is C14H18F2N4O. The van der Waals surface area contributed by atoms with Crippen LogP contribution in [-0.4, -0.2) is 20.9 Å². The zero-order valence-electron chi connectivity index (χ0n) is 12.0. The van der Waals surface area contributed by atoms with Crippen molar-refractivity contribution in [3.8, 4) is 5.69 Å². The molecule has 5 nitrogen and oxygen atoms in total. The fraction of sp³-hybridized carbons (Fsp3) is 0.286. The summed E-state index contributed by atoms with van der Waals surface area (Å²) in [5, 5.41) is 3.84. The summed E-state index contributed by atoms with van der Waals surface area (Å²) in [6, 6.07) is 5.55. The molecule has 7 heteroatoms. The molecule has 0 fully saturated rings. The molecule has 0 bridgehead atoms. The summed E-state index contributed by atoms with van der Waals surface area (Å²) in [6.07, 6.45) is 1.61. The molecule has 114 valence electrons. The molecule has 0 aliphatic carbocycles. The minimum atomic E-state index is -0.488. The highest BCUT2D eigenvalue weighted by Crippen LogP contribution is 2.07. The van der Waals surface area contributed by atoms with Gasteiger partial charge in [-0.2, -0.15) is 5.10 Å². The van der Waals surface area contributed by atoms with Crippen LogP contribution in [0.2, 0.25) is 0 Å². The van der Waals surface area contributed by atoms with Crippen molar-refractivity contribution >= 4 is 0 Å². The molecule has 2 rings (SSSR count). The lowest BCUT2D eigenvalue weighted by Gasteiger charge is -2.02. The summed E-state index contributed by atoms with van der Waals surface area (Å²) in [5.74, 6) is -0.455. The molecule has 2 aromatic rings. The van der Waals surface area contributed by atoms with E-state index in [2.05, 4.69) is 5.10 Å². The van der Waals surface area contributed by atoms with Crippen molar-refractivity contribution in [1.29, 1.82) is 0 Å². The summed E-state index contributed by atoms with van der Waals surface area (Å²) in [4.78, 5) is 12.0. The predicted molar refractivity (Wildman–Crippen MR) is 77.4 cm³/mol. The maximum atomic E-state index is 13.1. The van der Waals surface area contributed by atoms with Crippen LogP contribution in [0.15, 0.2) is 47.3 Å². The van der Waals surface area contributed by atoms with Crippen LogP contribution in [-0.2, 0) is 6.54 Å². The Morgan fingerprint density at radius 3 is 2.71 bits per heavy atom. The first-order chi connectivity index (χ1) is 10.2. The number of rotatable bonds is 4. The molecule has 0 radical (unpaired) electrons. The first kappa shape index (κ1) is 16.8. The van der Waals surface area contributed by atoms with Crippen LogP contribution in [0.4, 0.5) is 8.78 Å². The van der Waals surface area contributed by atoms with Gasteiger partial charge in [-0.25, -0.2) is 22.8 Å². The number of hydrogen-bond donors (Lipinski definition) is 1. The molecule has 0 unspecified atom stereocenters. The van der Waals surface area contributed by atoms with Gasteiger partial charge >= 0.3 is 5.69 Å². The van der Waals surface area contributed by atoms with Gasteiger partial charge in [-0.15, -0.1) is 0 Å². The minimum Gasteiger partial charge on any atom is -0.327 e. The highest BCUT2D eigenvalue weighted by atomic mass is 19.1. The minimum absolute atomic E-state index is 0.00420. The molecular weight excluding hydrogens is 278 g/mol. The Labute approximate surface area is 121 Å². The lowest BCUT2D eigenvalue weighted by atomic mass is 10.3. The number of nitrogens with zero attached hydrogens (tertiary/aromatic N) is 3. The third kappa shape index (κ3) is 4.09. The SMILES string of the molecule is CC.NCC(=CF)Cn1ncn(-c2cccc(F)c2)c1=O. The molecule has 0 saturated heterocycles. The topological polar surface area (TPSA) is 65.8 Å². The highest BCUT2D eigenvalue weighted by Gasteiger charge is 2.08. The first-order valence-electron chi connectivity index (χ1n) is 6.54. The van der Waals surface area contributed by atoms with Crippen LogP contribution >= 0.6 is 0 Å². The van der Waals surface area contributed by atoms with Crippen molar-refractivity contribution in [3.63, 3.8) is 0 Å². The van der Waals surface area contributed by atoms with Gasteiger partial charge < -0.3 is 5.73 Å². The highest BCUT2D eigenvalue weighted by molar-refractivity contribution is 5.31. The van der Waals surface area contributed by atoms with Gasteiger partial charge in [-0.3, -0.25) is 0 Å². The molecule has 0 aliphatic rings. The lowest BCUT2D eigenvalue weighted by molar-refractivity contribution is 0.611. The molecule has 1 heterocycles. The fourth-order valence-corrected chi connectivity index (χ4v) is 1.58. The second-order valence-corrected chi connectivity index (χ2v) is 3.89. The number of halogens is 2. The second kappa shape index (κ2) is 8.11. The fourth-order valence-electron chi connectivity index (χ4n) is 1.58. The maximum absolute atomic E-state index is 13.1. The Morgan fingerprint density at radius 2 is 2.14 bits per heavy atom. The van der Waals surface area contributed by atoms with Crippen LogP contribution < -0.4 is 11.4 Å². The molecule has 1 aromatic carbocycles. The number of benzene rings is 1. The van der Waals surface area contributed by atoms with E-state index in [1.807, 2.05) is 13.8 Å². The largest absolute Gasteiger partial charge is 0.350 e. The summed E-state index contributed by atoms with van der Waals surface area (Å²) in [5.41, 5.74) is 5.42. The van der Waals surface area contributed by atoms with Gasteiger partial charge in [-0.05, 0) is 23.8 Å². The molecule has 0 spiro atoms. The zero-order chi connectivity index (χ0) is 15.8. The van der Waals surface area contributed by atoms with Crippen molar-refractivity contribution in [2.45, 2.75) is 20.4 Å². The van der Waals surface area contributed by atoms with Crippen molar-refractivity contribution in [1.82, 2.24) is 14.3 Å². The van der Waals surface area contributed by atoms with Crippen LogP contribution in [0.1, 0.15) is 13.8 Å². The van der Waals surface area contributed by atoms with Gasteiger partial charge in [0.1, 0.15) is 12.1 Å². The monoisotopic (exact) mass is 296 g/mol. The van der Waals surface area contributed by atoms with Gasteiger partial charge in [0.05, 0.1) is 18.6 Å². The van der Waals surface area contributed by atoms with E-state index in [0.29, 0.717) is 12.0 Å². The quantitative estimate of drug-likeness (QED) is 0.938. The molecule has 0 amide bonds. The van der Waals surface area contributed by atoms with Crippen LogP contribution in [0.5, 0.6) is 0 Å². The number of nitrogens with two attached hydrogens (primary N) is 1. The van der Waals surface area contributed by atoms with Gasteiger partial charge in [-0.1, -0.05) is 19.9 Å². The van der Waals surface area contributed by atoms with Crippen molar-refractivity contribution in [2.75, 3.05) is 6.54 Å². The Morgan fingerprint density at radius 1 is 1.43 bits per heavy atom. The van der Waals surface area contributed by atoms with Crippen LogP contribution in [0, 0.1) is 5.82 Å². The van der Waals surface area contributed by atoms with E-state index in [-0.39, 0.29) is 18.7 Å². The normalized spacial score (nSPS) is 11.0. The lowest BCUT2D eigenvalue weighted by Crippen LogP contribution is -2.26. The van der Waals surface area contributed by atoms with E-state index < -0.39 is 11.5 Å². The second-order valence-electron chi connectivity index (χ2n) is 3.89. The Kier molecular flexibility index (Phi) is 6.48. The Balaban J connectivity index is 0.00000106. The Bertz CT molecular complexity index is 661. The predicted octanol–water partition coefficient (Wildman–Crippen LogP) is 2.01. The maximum Gasteiger partial charge on any atom is 0.350 e. The average molecular weight is 296 g/mol.